The van der Waals surface area contributed by atoms with E-state index >= 15 is 0 Å². The zero-order valence-electron chi connectivity index (χ0n) is 15.3. The first-order chi connectivity index (χ1) is 10.8. The largest absolute Gasteiger partial charge is 0.444 e. The lowest BCUT2D eigenvalue weighted by atomic mass is 10.0. The van der Waals surface area contributed by atoms with Crippen molar-refractivity contribution in [2.75, 3.05) is 25.9 Å². The first-order valence-corrected chi connectivity index (χ1v) is 10.3. The molecule has 5 heteroatoms. The van der Waals surface area contributed by atoms with Gasteiger partial charge in [-0.1, -0.05) is 12.8 Å². The van der Waals surface area contributed by atoms with Crippen molar-refractivity contribution in [3.63, 3.8) is 0 Å². The number of ether oxygens (including phenoxy) is 1. The fourth-order valence-corrected chi connectivity index (χ4v) is 4.54. The van der Waals surface area contributed by atoms with E-state index in [1.807, 2.05) is 37.4 Å². The van der Waals surface area contributed by atoms with Gasteiger partial charge < -0.3 is 15.0 Å². The molecule has 2 rings (SSSR count). The van der Waals surface area contributed by atoms with Gasteiger partial charge in [0.15, 0.2) is 0 Å². The highest BCUT2D eigenvalue weighted by atomic mass is 32.2. The molecule has 4 nitrogen and oxygen atoms in total. The SMILES string of the molecule is CSC1(CNC2CCCN(C(=O)OC(C)(C)C)CC2)CCCC1. The van der Waals surface area contributed by atoms with E-state index < -0.39 is 5.60 Å². The number of nitrogens with one attached hydrogen (secondary N) is 1. The van der Waals surface area contributed by atoms with Crippen LogP contribution in [0, 0.1) is 0 Å². The van der Waals surface area contributed by atoms with E-state index in [0.717, 1.165) is 38.9 Å². The molecule has 1 aliphatic heterocycles. The lowest BCUT2D eigenvalue weighted by molar-refractivity contribution is 0.0256. The third kappa shape index (κ3) is 5.86. The maximum atomic E-state index is 12.2. The minimum Gasteiger partial charge on any atom is -0.444 e. The molecular formula is C18H34N2O2S. The van der Waals surface area contributed by atoms with Crippen LogP contribution in [-0.4, -0.2) is 53.3 Å². The third-order valence-electron chi connectivity index (χ3n) is 5.04. The Morgan fingerprint density at radius 2 is 1.91 bits per heavy atom. The topological polar surface area (TPSA) is 41.6 Å². The standard InChI is InChI=1S/C18H34N2O2S/c1-17(2,3)22-16(21)20-12-7-8-15(9-13-20)19-14-18(23-4)10-5-6-11-18/h15,19H,5-14H2,1-4H3. The van der Waals surface area contributed by atoms with Crippen LogP contribution in [0.5, 0.6) is 0 Å². The summed E-state index contributed by atoms with van der Waals surface area (Å²) in [6.45, 7) is 8.52. The summed E-state index contributed by atoms with van der Waals surface area (Å²) in [5.41, 5.74) is -0.408. The molecule has 0 aromatic heterocycles. The summed E-state index contributed by atoms with van der Waals surface area (Å²) in [6.07, 6.45) is 10.8. The van der Waals surface area contributed by atoms with Crippen LogP contribution >= 0.6 is 11.8 Å². The van der Waals surface area contributed by atoms with Crippen molar-refractivity contribution in [2.24, 2.45) is 0 Å². The number of hydrogen-bond donors (Lipinski definition) is 1. The van der Waals surface area contributed by atoms with E-state index in [-0.39, 0.29) is 6.09 Å². The molecule has 0 bridgehead atoms. The first kappa shape index (κ1) is 18.9. The van der Waals surface area contributed by atoms with Crippen molar-refractivity contribution >= 4 is 17.9 Å². The van der Waals surface area contributed by atoms with E-state index in [9.17, 15) is 4.79 Å². The van der Waals surface area contributed by atoms with Gasteiger partial charge in [-0.15, -0.1) is 0 Å². The number of thioether (sulfide) groups is 1. The molecule has 1 saturated carbocycles. The van der Waals surface area contributed by atoms with Gasteiger partial charge in [-0.3, -0.25) is 0 Å². The fourth-order valence-electron chi connectivity index (χ4n) is 3.61. The first-order valence-electron chi connectivity index (χ1n) is 9.10. The van der Waals surface area contributed by atoms with Crippen LogP contribution in [0.25, 0.3) is 0 Å². The average Bonchev–Trinajstić information content (AvgIpc) is 2.81. The predicted molar refractivity (Wildman–Crippen MR) is 98.2 cm³/mol. The molecule has 23 heavy (non-hydrogen) atoms. The van der Waals surface area contributed by atoms with Crippen LogP contribution in [-0.2, 0) is 4.74 Å². The maximum Gasteiger partial charge on any atom is 0.410 e. The van der Waals surface area contributed by atoms with Crippen molar-refractivity contribution in [1.29, 1.82) is 0 Å². The molecule has 1 amide bonds. The summed E-state index contributed by atoms with van der Waals surface area (Å²) in [7, 11) is 0. The van der Waals surface area contributed by atoms with Crippen molar-refractivity contribution in [3.05, 3.63) is 0 Å². The van der Waals surface area contributed by atoms with Gasteiger partial charge >= 0.3 is 6.09 Å². The molecule has 1 atom stereocenters. The third-order valence-corrected chi connectivity index (χ3v) is 6.46. The Hall–Kier alpha value is -0.420. The molecule has 2 fully saturated rings. The molecule has 0 spiro atoms. The molecule has 0 aromatic rings. The summed E-state index contributed by atoms with van der Waals surface area (Å²) in [4.78, 5) is 14.1. The highest BCUT2D eigenvalue weighted by molar-refractivity contribution is 8.00. The summed E-state index contributed by atoms with van der Waals surface area (Å²) in [5, 5.41) is 3.80. The predicted octanol–water partition coefficient (Wildman–Crippen LogP) is 4.04. The van der Waals surface area contributed by atoms with Crippen LogP contribution in [0.15, 0.2) is 0 Å². The molecule has 2 aliphatic rings. The zero-order valence-corrected chi connectivity index (χ0v) is 16.1. The number of amides is 1. The van der Waals surface area contributed by atoms with Crippen molar-refractivity contribution in [2.45, 2.75) is 82.1 Å². The zero-order chi connectivity index (χ0) is 16.9. The molecular weight excluding hydrogens is 308 g/mol. The normalized spacial score (nSPS) is 25.2. The van der Waals surface area contributed by atoms with Crippen LogP contribution in [0.2, 0.25) is 0 Å². The molecule has 1 heterocycles. The Morgan fingerprint density at radius 1 is 1.22 bits per heavy atom. The monoisotopic (exact) mass is 342 g/mol. The molecule has 1 N–H and O–H groups in total. The number of rotatable bonds is 4. The molecule has 0 aromatic carbocycles. The molecule has 1 unspecified atom stereocenters. The number of nitrogens with zero attached hydrogens (tertiary/aromatic N) is 1. The van der Waals surface area contributed by atoms with Gasteiger partial charge in [0.25, 0.3) is 0 Å². The number of carbonyl (C=O) groups is 1. The van der Waals surface area contributed by atoms with Crippen LogP contribution < -0.4 is 5.32 Å². The second-order valence-corrected chi connectivity index (χ2v) is 9.34. The second kappa shape index (κ2) is 8.11. The van der Waals surface area contributed by atoms with Crippen LogP contribution in [0.1, 0.15) is 65.7 Å². The van der Waals surface area contributed by atoms with Gasteiger partial charge in [0, 0.05) is 30.4 Å². The molecule has 0 radical (unpaired) electrons. The van der Waals surface area contributed by atoms with E-state index in [0.29, 0.717) is 10.8 Å². The number of carbonyl (C=O) groups excluding carboxylic acids is 1. The molecule has 134 valence electrons. The van der Waals surface area contributed by atoms with Crippen molar-refractivity contribution in [3.8, 4) is 0 Å². The number of hydrogen-bond acceptors (Lipinski definition) is 4. The van der Waals surface area contributed by atoms with Crippen molar-refractivity contribution in [1.82, 2.24) is 10.2 Å². The maximum absolute atomic E-state index is 12.2. The fraction of sp³-hybridized carbons (Fsp3) is 0.944. The minimum atomic E-state index is -0.408. The summed E-state index contributed by atoms with van der Waals surface area (Å²) < 4.78 is 5.96. The highest BCUT2D eigenvalue weighted by Crippen LogP contribution is 2.39. The van der Waals surface area contributed by atoms with Crippen molar-refractivity contribution < 1.29 is 9.53 Å². The number of likely N-dealkylation sites (tertiary alicyclic amines) is 1. The second-order valence-electron chi connectivity index (χ2n) is 8.07. The van der Waals surface area contributed by atoms with Gasteiger partial charge in [-0.2, -0.15) is 11.8 Å². The van der Waals surface area contributed by atoms with Gasteiger partial charge in [-0.05, 0) is 59.1 Å². The molecule has 1 saturated heterocycles. The lowest BCUT2D eigenvalue weighted by Gasteiger charge is -2.30. The average molecular weight is 343 g/mol. The van der Waals surface area contributed by atoms with Gasteiger partial charge in [0.1, 0.15) is 5.60 Å². The Kier molecular flexibility index (Phi) is 6.66. The van der Waals surface area contributed by atoms with Crippen LogP contribution in [0.3, 0.4) is 0 Å². The Bertz CT molecular complexity index is 389. The van der Waals surface area contributed by atoms with Gasteiger partial charge in [0.05, 0.1) is 0 Å². The summed E-state index contributed by atoms with van der Waals surface area (Å²) in [6, 6.07) is 0.534. The molecule has 1 aliphatic carbocycles. The Balaban J connectivity index is 1.78. The van der Waals surface area contributed by atoms with Gasteiger partial charge in [0.2, 0.25) is 0 Å². The van der Waals surface area contributed by atoms with Crippen LogP contribution in [0.4, 0.5) is 4.79 Å². The van der Waals surface area contributed by atoms with E-state index in [4.69, 9.17) is 4.74 Å². The Labute approximate surface area is 146 Å². The highest BCUT2D eigenvalue weighted by Gasteiger charge is 2.33. The quantitative estimate of drug-likeness (QED) is 0.837. The smallest absolute Gasteiger partial charge is 0.410 e. The van der Waals surface area contributed by atoms with E-state index in [2.05, 4.69) is 11.6 Å². The van der Waals surface area contributed by atoms with E-state index in [1.165, 1.54) is 25.7 Å². The lowest BCUT2D eigenvalue weighted by Crippen LogP contribution is -2.41. The van der Waals surface area contributed by atoms with E-state index in [1.54, 1.807) is 0 Å². The summed E-state index contributed by atoms with van der Waals surface area (Å²) >= 11 is 2.04. The summed E-state index contributed by atoms with van der Waals surface area (Å²) in [5.74, 6) is 0. The Morgan fingerprint density at radius 3 is 2.52 bits per heavy atom. The van der Waals surface area contributed by atoms with Gasteiger partial charge in [-0.25, -0.2) is 4.79 Å². The minimum absolute atomic E-state index is 0.158.